The van der Waals surface area contributed by atoms with E-state index in [1.54, 1.807) is 6.92 Å². The van der Waals surface area contributed by atoms with Crippen LogP contribution in [0.4, 0.5) is 0 Å². The molecule has 0 aromatic rings. The Morgan fingerprint density at radius 1 is 1.44 bits per heavy atom. The molecular formula is C8H14O8P2. The van der Waals surface area contributed by atoms with Crippen LogP contribution in [0.3, 0.4) is 0 Å². The Kier molecular flexibility index (Phi) is 5.13. The van der Waals surface area contributed by atoms with Gasteiger partial charge >= 0.3 is 15.6 Å². The molecule has 4 atom stereocenters. The Hall–Kier alpha value is -0.220. The monoisotopic (exact) mass is 300 g/mol. The average Bonchev–Trinajstić information content (AvgIpc) is 2.53. The van der Waals surface area contributed by atoms with Crippen molar-refractivity contribution in [3.63, 3.8) is 0 Å². The minimum absolute atomic E-state index is 0.126. The summed E-state index contributed by atoms with van der Waals surface area (Å²) in [7, 11) is -9.90. The van der Waals surface area contributed by atoms with Gasteiger partial charge in [-0.25, -0.2) is 9.13 Å². The van der Waals surface area contributed by atoms with E-state index < -0.39 is 21.7 Å². The third-order valence-corrected chi connectivity index (χ3v) is 4.49. The maximum atomic E-state index is 11.1. The summed E-state index contributed by atoms with van der Waals surface area (Å²) in [6.07, 6.45) is 4.97. The van der Waals surface area contributed by atoms with Crippen LogP contribution in [-0.2, 0) is 22.7 Å². The Labute approximate surface area is 104 Å². The smallest absolute Gasteiger partial charge is 0.372 e. The highest BCUT2D eigenvalue weighted by Gasteiger charge is 2.36. The van der Waals surface area contributed by atoms with Crippen LogP contribution in [0.25, 0.3) is 0 Å². The average molecular weight is 300 g/mol. The molecule has 104 valence electrons. The van der Waals surface area contributed by atoms with E-state index in [0.29, 0.717) is 6.42 Å². The third-order valence-electron chi connectivity index (χ3n) is 2.34. The van der Waals surface area contributed by atoms with Crippen LogP contribution in [0, 0.1) is 18.3 Å². The second-order valence-electron chi connectivity index (χ2n) is 3.81. The number of hydrogen-bond donors (Lipinski definition) is 3. The topological polar surface area (TPSA) is 123 Å². The molecular weight excluding hydrogens is 286 g/mol. The SMILES string of the molecule is C#C[C@H]1CC(COP(=O)(O)OP(=O)(O)O)O[C@H]1C. The van der Waals surface area contributed by atoms with Crippen molar-refractivity contribution in [2.45, 2.75) is 25.6 Å². The van der Waals surface area contributed by atoms with Crippen molar-refractivity contribution in [1.29, 1.82) is 0 Å². The summed E-state index contributed by atoms with van der Waals surface area (Å²) < 4.78 is 34.9. The zero-order valence-corrected chi connectivity index (χ0v) is 11.3. The molecule has 0 radical (unpaired) electrons. The van der Waals surface area contributed by atoms with Gasteiger partial charge in [0.05, 0.1) is 18.8 Å². The van der Waals surface area contributed by atoms with Gasteiger partial charge in [-0.15, -0.1) is 12.3 Å². The van der Waals surface area contributed by atoms with Crippen molar-refractivity contribution in [2.24, 2.45) is 5.92 Å². The first-order valence-corrected chi connectivity index (χ1v) is 8.01. The van der Waals surface area contributed by atoms with Gasteiger partial charge < -0.3 is 19.4 Å². The van der Waals surface area contributed by atoms with Gasteiger partial charge in [-0.1, -0.05) is 0 Å². The molecule has 0 saturated carbocycles. The summed E-state index contributed by atoms with van der Waals surface area (Å²) in [4.78, 5) is 25.8. The summed E-state index contributed by atoms with van der Waals surface area (Å²) >= 11 is 0. The van der Waals surface area contributed by atoms with Crippen LogP contribution in [0.5, 0.6) is 0 Å². The lowest BCUT2D eigenvalue weighted by atomic mass is 10.0. The predicted octanol–water partition coefficient (Wildman–Crippen LogP) is 0.639. The van der Waals surface area contributed by atoms with Gasteiger partial charge in [0.2, 0.25) is 0 Å². The molecule has 0 bridgehead atoms. The van der Waals surface area contributed by atoms with E-state index >= 15 is 0 Å². The van der Waals surface area contributed by atoms with E-state index in [2.05, 4.69) is 14.8 Å². The molecule has 3 N–H and O–H groups in total. The zero-order chi connectivity index (χ0) is 14.0. The molecule has 0 aromatic heterocycles. The zero-order valence-electron chi connectivity index (χ0n) is 9.50. The van der Waals surface area contributed by atoms with Crippen molar-refractivity contribution in [3.05, 3.63) is 0 Å². The summed E-state index contributed by atoms with van der Waals surface area (Å²) in [5.74, 6) is 2.39. The molecule has 2 unspecified atom stereocenters. The number of phosphoric ester groups is 1. The first-order valence-electron chi connectivity index (χ1n) is 4.99. The number of phosphoric acid groups is 2. The first-order chi connectivity index (χ1) is 8.13. The molecule has 10 heteroatoms. The summed E-state index contributed by atoms with van der Waals surface area (Å²) in [6.45, 7) is 1.42. The second-order valence-corrected chi connectivity index (χ2v) is 6.64. The lowest BCUT2D eigenvalue weighted by Crippen LogP contribution is -2.15. The molecule has 8 nitrogen and oxygen atoms in total. The fraction of sp³-hybridized carbons (Fsp3) is 0.750. The predicted molar refractivity (Wildman–Crippen MR) is 60.2 cm³/mol. The first kappa shape index (κ1) is 15.8. The third kappa shape index (κ3) is 5.19. The summed E-state index contributed by atoms with van der Waals surface area (Å²) in [6, 6.07) is 0. The van der Waals surface area contributed by atoms with Crippen LogP contribution in [-0.4, -0.2) is 33.5 Å². The Morgan fingerprint density at radius 3 is 2.50 bits per heavy atom. The maximum absolute atomic E-state index is 11.1. The van der Waals surface area contributed by atoms with Crippen molar-refractivity contribution in [1.82, 2.24) is 0 Å². The van der Waals surface area contributed by atoms with E-state index in [1.807, 2.05) is 0 Å². The van der Waals surface area contributed by atoms with Crippen LogP contribution >= 0.6 is 15.6 Å². The van der Waals surface area contributed by atoms with Gasteiger partial charge in [0, 0.05) is 5.92 Å². The Bertz CT molecular complexity index is 423. The van der Waals surface area contributed by atoms with E-state index in [4.69, 9.17) is 25.8 Å². The van der Waals surface area contributed by atoms with E-state index in [9.17, 15) is 9.13 Å². The van der Waals surface area contributed by atoms with Gasteiger partial charge in [0.25, 0.3) is 0 Å². The van der Waals surface area contributed by atoms with E-state index in [1.165, 1.54) is 0 Å². The highest BCUT2D eigenvalue weighted by molar-refractivity contribution is 7.60. The molecule has 1 rings (SSSR count). The molecule has 18 heavy (non-hydrogen) atoms. The maximum Gasteiger partial charge on any atom is 0.481 e. The molecule has 0 aliphatic carbocycles. The Balaban J connectivity index is 2.45. The molecule has 0 aromatic carbocycles. The Morgan fingerprint density at radius 2 is 2.06 bits per heavy atom. The highest BCUT2D eigenvalue weighted by atomic mass is 31.3. The van der Waals surface area contributed by atoms with Gasteiger partial charge in [0.15, 0.2) is 0 Å². The number of rotatable bonds is 5. The minimum atomic E-state index is -5.09. The molecule has 0 spiro atoms. The van der Waals surface area contributed by atoms with E-state index in [0.717, 1.165) is 0 Å². The number of ether oxygens (including phenoxy) is 1. The number of hydrogen-bond acceptors (Lipinski definition) is 5. The quantitative estimate of drug-likeness (QED) is 0.499. The minimum Gasteiger partial charge on any atom is -0.372 e. The molecule has 1 heterocycles. The molecule has 1 fully saturated rings. The van der Waals surface area contributed by atoms with Crippen molar-refractivity contribution >= 4 is 15.6 Å². The lowest BCUT2D eigenvalue weighted by Gasteiger charge is -2.15. The van der Waals surface area contributed by atoms with Gasteiger partial charge in [0.1, 0.15) is 0 Å². The highest BCUT2D eigenvalue weighted by Crippen LogP contribution is 2.57. The van der Waals surface area contributed by atoms with Crippen LogP contribution in [0.15, 0.2) is 0 Å². The second kappa shape index (κ2) is 5.83. The number of terminal acetylenes is 1. The van der Waals surface area contributed by atoms with Crippen LogP contribution in [0.1, 0.15) is 13.3 Å². The standard InChI is InChI=1S/C8H14O8P2/c1-3-7-4-8(15-6(7)2)5-14-18(12,13)16-17(9,10)11/h1,6-8H,4-5H2,2H3,(H,12,13)(H2,9,10,11)/t6-,7-,8?/m0/s1. The lowest BCUT2D eigenvalue weighted by molar-refractivity contribution is 0.0155. The normalized spacial score (nSPS) is 31.8. The molecule has 1 aliphatic rings. The molecule has 1 saturated heterocycles. The van der Waals surface area contributed by atoms with Crippen LogP contribution in [0.2, 0.25) is 0 Å². The van der Waals surface area contributed by atoms with Crippen LogP contribution < -0.4 is 0 Å². The van der Waals surface area contributed by atoms with Crippen molar-refractivity contribution in [2.75, 3.05) is 6.61 Å². The summed E-state index contributed by atoms with van der Waals surface area (Å²) in [5, 5.41) is 0. The fourth-order valence-electron chi connectivity index (χ4n) is 1.58. The molecule has 1 aliphatic heterocycles. The van der Waals surface area contributed by atoms with Gasteiger partial charge in [-0.2, -0.15) is 4.31 Å². The largest absolute Gasteiger partial charge is 0.481 e. The van der Waals surface area contributed by atoms with Crippen molar-refractivity contribution < 1.29 is 37.4 Å². The molecule has 0 amide bonds. The van der Waals surface area contributed by atoms with Gasteiger partial charge in [-0.05, 0) is 13.3 Å². The fourth-order valence-corrected chi connectivity index (χ4v) is 3.19. The van der Waals surface area contributed by atoms with Crippen molar-refractivity contribution in [3.8, 4) is 12.3 Å². The summed E-state index contributed by atoms with van der Waals surface area (Å²) in [5.41, 5.74) is 0. The van der Waals surface area contributed by atoms with Gasteiger partial charge in [-0.3, -0.25) is 4.52 Å². The van der Waals surface area contributed by atoms with E-state index in [-0.39, 0.29) is 18.6 Å².